The van der Waals surface area contributed by atoms with Crippen molar-refractivity contribution in [2.75, 3.05) is 26.7 Å². The smallest absolute Gasteiger partial charge is 0.410 e. The molecule has 9 nitrogen and oxygen atoms in total. The van der Waals surface area contributed by atoms with Crippen molar-refractivity contribution in [3.05, 3.63) is 69.6 Å². The van der Waals surface area contributed by atoms with Crippen LogP contribution in [0.1, 0.15) is 72.7 Å². The van der Waals surface area contributed by atoms with Gasteiger partial charge in [-0.2, -0.15) is 0 Å². The second-order valence-corrected chi connectivity index (χ2v) is 10.2. The predicted molar refractivity (Wildman–Crippen MR) is 140 cm³/mol. The Morgan fingerprint density at radius 1 is 1.14 bits per heavy atom. The number of nitrogens with one attached hydrogen (secondary N) is 1. The third kappa shape index (κ3) is 8.28. The molecule has 0 bridgehead atoms. The van der Waals surface area contributed by atoms with Gasteiger partial charge in [-0.25, -0.2) is 4.79 Å². The van der Waals surface area contributed by atoms with Crippen LogP contribution in [0.15, 0.2) is 47.4 Å². The standard InChI is InChI=1S/C28H37N3O6/c1-28(2,3)37-27(35)30-14-8-12-22(19-30)36-15-9-13-24(32)21-16-23(25(33)29-4)26(34)31(18-21)17-20-10-6-5-7-11-20/h5-7,10-11,16,18,22H,8-9,12-15,17,19H2,1-4H3,(H,29,33). The molecule has 1 atom stereocenters. The molecule has 0 aliphatic carbocycles. The first-order valence-corrected chi connectivity index (χ1v) is 12.7. The third-order valence-corrected chi connectivity index (χ3v) is 6.01. The highest BCUT2D eigenvalue weighted by Crippen LogP contribution is 2.18. The number of aromatic nitrogens is 1. The van der Waals surface area contributed by atoms with E-state index in [0.29, 0.717) is 31.7 Å². The van der Waals surface area contributed by atoms with Gasteiger partial charge in [-0.05, 0) is 51.7 Å². The minimum atomic E-state index is -0.549. The van der Waals surface area contributed by atoms with Gasteiger partial charge in [0.2, 0.25) is 0 Å². The molecule has 2 aromatic rings. The maximum absolute atomic E-state index is 13.0. The number of piperidine rings is 1. The van der Waals surface area contributed by atoms with E-state index in [0.717, 1.165) is 18.4 Å². The summed E-state index contributed by atoms with van der Waals surface area (Å²) in [6.07, 6.45) is 3.43. The topological polar surface area (TPSA) is 107 Å². The van der Waals surface area contributed by atoms with Gasteiger partial charge in [-0.15, -0.1) is 0 Å². The highest BCUT2D eigenvalue weighted by atomic mass is 16.6. The highest BCUT2D eigenvalue weighted by Gasteiger charge is 2.28. The van der Waals surface area contributed by atoms with Crippen molar-refractivity contribution < 1.29 is 23.9 Å². The molecule has 200 valence electrons. The Bertz CT molecular complexity index is 1150. The van der Waals surface area contributed by atoms with E-state index in [4.69, 9.17) is 9.47 Å². The number of Topliss-reactive ketones (excluding diaryl/α,β-unsaturated/α-hetero) is 1. The SMILES string of the molecule is CNC(=O)c1cc(C(=O)CCCOC2CCCN(C(=O)OC(C)(C)C)C2)cn(Cc2ccccc2)c1=O. The average molecular weight is 512 g/mol. The molecule has 2 heterocycles. The van der Waals surface area contributed by atoms with E-state index in [9.17, 15) is 19.2 Å². The molecule has 1 aromatic heterocycles. The summed E-state index contributed by atoms with van der Waals surface area (Å²) in [7, 11) is 1.45. The summed E-state index contributed by atoms with van der Waals surface area (Å²) >= 11 is 0. The second kappa shape index (κ2) is 12.7. The van der Waals surface area contributed by atoms with Crippen LogP contribution in [0.2, 0.25) is 0 Å². The Morgan fingerprint density at radius 3 is 2.54 bits per heavy atom. The molecule has 1 aromatic carbocycles. The van der Waals surface area contributed by atoms with Crippen molar-refractivity contribution in [1.29, 1.82) is 0 Å². The Labute approximate surface area is 217 Å². The van der Waals surface area contributed by atoms with E-state index in [2.05, 4.69) is 5.32 Å². The summed E-state index contributed by atoms with van der Waals surface area (Å²) in [5.74, 6) is -0.703. The number of ketones is 1. The van der Waals surface area contributed by atoms with Crippen LogP contribution in [0.4, 0.5) is 4.79 Å². The van der Waals surface area contributed by atoms with Crippen molar-refractivity contribution in [2.45, 2.75) is 64.7 Å². The first-order chi connectivity index (χ1) is 17.6. The van der Waals surface area contributed by atoms with Gasteiger partial charge < -0.3 is 24.3 Å². The summed E-state index contributed by atoms with van der Waals surface area (Å²) in [5, 5.41) is 2.47. The van der Waals surface area contributed by atoms with Crippen molar-refractivity contribution in [1.82, 2.24) is 14.8 Å². The van der Waals surface area contributed by atoms with Crippen LogP contribution in [0, 0.1) is 0 Å². The van der Waals surface area contributed by atoms with Gasteiger partial charge in [0.1, 0.15) is 11.2 Å². The van der Waals surface area contributed by atoms with Gasteiger partial charge in [0.05, 0.1) is 19.2 Å². The zero-order valence-electron chi connectivity index (χ0n) is 22.1. The number of carbonyl (C=O) groups is 3. The first-order valence-electron chi connectivity index (χ1n) is 12.7. The number of hydrogen-bond donors (Lipinski definition) is 1. The minimum Gasteiger partial charge on any atom is -0.444 e. The van der Waals surface area contributed by atoms with Gasteiger partial charge in [0.25, 0.3) is 11.5 Å². The van der Waals surface area contributed by atoms with Gasteiger partial charge in [-0.3, -0.25) is 14.4 Å². The van der Waals surface area contributed by atoms with Crippen molar-refractivity contribution in [3.8, 4) is 0 Å². The number of ether oxygens (including phenoxy) is 2. The number of nitrogens with zero attached hydrogens (tertiary/aromatic N) is 2. The van der Waals surface area contributed by atoms with Gasteiger partial charge in [0.15, 0.2) is 5.78 Å². The number of amides is 2. The molecular weight excluding hydrogens is 474 g/mol. The van der Waals surface area contributed by atoms with Crippen LogP contribution in [-0.2, 0) is 16.0 Å². The summed E-state index contributed by atoms with van der Waals surface area (Å²) < 4.78 is 12.8. The van der Waals surface area contributed by atoms with E-state index < -0.39 is 17.1 Å². The predicted octanol–water partition coefficient (Wildman–Crippen LogP) is 3.64. The normalized spacial score (nSPS) is 15.8. The quantitative estimate of drug-likeness (QED) is 0.407. The Balaban J connectivity index is 1.59. The van der Waals surface area contributed by atoms with Crippen LogP contribution >= 0.6 is 0 Å². The third-order valence-electron chi connectivity index (χ3n) is 6.01. The maximum Gasteiger partial charge on any atom is 0.410 e. The Hall–Kier alpha value is -3.46. The fourth-order valence-electron chi connectivity index (χ4n) is 4.18. The number of benzene rings is 1. The number of rotatable bonds is 9. The molecule has 0 saturated carbocycles. The van der Waals surface area contributed by atoms with Crippen LogP contribution in [0.3, 0.4) is 0 Å². The second-order valence-electron chi connectivity index (χ2n) is 10.2. The summed E-state index contributed by atoms with van der Waals surface area (Å²) in [6, 6.07) is 10.8. The van der Waals surface area contributed by atoms with Gasteiger partial charge in [0, 0.05) is 38.4 Å². The fraction of sp³-hybridized carbons (Fsp3) is 0.500. The molecule has 1 aliphatic rings. The van der Waals surface area contributed by atoms with Crippen LogP contribution in [-0.4, -0.2) is 65.7 Å². The molecule has 1 saturated heterocycles. The number of hydrogen-bond acceptors (Lipinski definition) is 6. The number of carbonyl (C=O) groups excluding carboxylic acids is 3. The van der Waals surface area contributed by atoms with Crippen LogP contribution in [0.25, 0.3) is 0 Å². The van der Waals surface area contributed by atoms with Crippen molar-refractivity contribution in [3.63, 3.8) is 0 Å². The Kier molecular flexibility index (Phi) is 9.63. The number of pyridine rings is 1. The summed E-state index contributed by atoms with van der Waals surface area (Å²) in [4.78, 5) is 52.2. The van der Waals surface area contributed by atoms with E-state index in [-0.39, 0.29) is 36.5 Å². The van der Waals surface area contributed by atoms with E-state index in [1.165, 1.54) is 23.9 Å². The van der Waals surface area contributed by atoms with Gasteiger partial charge >= 0.3 is 6.09 Å². The molecule has 9 heteroatoms. The molecule has 1 aliphatic heterocycles. The van der Waals surface area contributed by atoms with E-state index in [1.54, 1.807) is 4.90 Å². The lowest BCUT2D eigenvalue weighted by Gasteiger charge is -2.34. The fourth-order valence-corrected chi connectivity index (χ4v) is 4.18. The Morgan fingerprint density at radius 2 is 1.86 bits per heavy atom. The highest BCUT2D eigenvalue weighted by molar-refractivity contribution is 6.00. The maximum atomic E-state index is 13.0. The monoisotopic (exact) mass is 511 g/mol. The van der Waals surface area contributed by atoms with Crippen LogP contribution in [0.5, 0.6) is 0 Å². The largest absolute Gasteiger partial charge is 0.444 e. The molecule has 3 rings (SSSR count). The molecule has 0 spiro atoms. The van der Waals surface area contributed by atoms with Crippen molar-refractivity contribution >= 4 is 17.8 Å². The molecule has 37 heavy (non-hydrogen) atoms. The summed E-state index contributed by atoms with van der Waals surface area (Å²) in [6.45, 7) is 7.23. The molecule has 1 unspecified atom stereocenters. The van der Waals surface area contributed by atoms with Gasteiger partial charge in [-0.1, -0.05) is 30.3 Å². The zero-order valence-corrected chi connectivity index (χ0v) is 22.1. The first kappa shape index (κ1) is 28.1. The zero-order chi connectivity index (χ0) is 27.0. The lowest BCUT2D eigenvalue weighted by Crippen LogP contribution is -2.45. The number of likely N-dealkylation sites (tertiary alicyclic amines) is 1. The lowest BCUT2D eigenvalue weighted by molar-refractivity contribution is -0.0207. The van der Waals surface area contributed by atoms with Crippen molar-refractivity contribution in [2.24, 2.45) is 0 Å². The molecule has 0 radical (unpaired) electrons. The minimum absolute atomic E-state index is 0.0648. The molecular formula is C28H37N3O6. The van der Waals surface area contributed by atoms with E-state index >= 15 is 0 Å². The van der Waals surface area contributed by atoms with Crippen LogP contribution < -0.4 is 10.9 Å². The lowest BCUT2D eigenvalue weighted by atomic mass is 10.1. The molecule has 1 fully saturated rings. The summed E-state index contributed by atoms with van der Waals surface area (Å²) in [5.41, 5.74) is 0.132. The average Bonchev–Trinajstić information content (AvgIpc) is 2.87. The molecule has 2 amide bonds. The molecule has 1 N–H and O–H groups in total. The van der Waals surface area contributed by atoms with E-state index in [1.807, 2.05) is 51.1 Å².